The van der Waals surface area contributed by atoms with E-state index in [9.17, 15) is 167 Å². The van der Waals surface area contributed by atoms with Crippen molar-refractivity contribution in [1.82, 2.24) is 0 Å². The predicted octanol–water partition coefficient (Wildman–Crippen LogP) is 0.453. The number of carbonyl (C=O) groups excluding carboxylic acids is 6. The number of rotatable bonds is 20. The molecule has 81 heavy (non-hydrogen) atoms. The van der Waals surface area contributed by atoms with Crippen LogP contribution >= 0.6 is 0 Å². The lowest BCUT2D eigenvalue weighted by Crippen LogP contribution is -2.32. The highest BCUT2D eigenvalue weighted by Crippen LogP contribution is 2.35. The molecule has 0 aliphatic heterocycles. The summed E-state index contributed by atoms with van der Waals surface area (Å²) in [5.41, 5.74) is -42.4. The van der Waals surface area contributed by atoms with Gasteiger partial charge in [-0.3, -0.25) is 0 Å². The first kappa shape index (κ1) is 60.4. The topological polar surface area (TPSA) is 652 Å². The molecule has 14 N–H and O–H groups in total. The van der Waals surface area contributed by atoms with Gasteiger partial charge in [-0.05, 0) is 24.3 Å². The van der Waals surface area contributed by atoms with Crippen LogP contribution in [0.25, 0.3) is 0 Å². The largest absolute Gasteiger partial charge is 0.478 e. The van der Waals surface area contributed by atoms with Crippen molar-refractivity contribution in [3.8, 4) is 0 Å². The first-order valence-electron chi connectivity index (χ1n) is 19.8. The van der Waals surface area contributed by atoms with Gasteiger partial charge in [0.25, 0.3) is 0 Å². The number of carboxylic acid groups (broad SMARTS) is 14. The molecular weight excluding hydrogens is 1120 g/mol. The van der Waals surface area contributed by atoms with Crippen LogP contribution < -0.4 is 0 Å². The van der Waals surface area contributed by atoms with E-state index in [2.05, 4.69) is 14.2 Å². The van der Waals surface area contributed by atoms with Crippen molar-refractivity contribution in [1.29, 1.82) is 0 Å². The summed E-state index contributed by atoms with van der Waals surface area (Å²) >= 11 is 0. The van der Waals surface area contributed by atoms with Crippen LogP contribution in [-0.2, 0) is 14.2 Å². The third-order valence-electron chi connectivity index (χ3n) is 10.2. The smallest absolute Gasteiger partial charge is 0.347 e. The number of carbonyl (C=O) groups is 20. The fourth-order valence-corrected chi connectivity index (χ4v) is 7.38. The van der Waals surface area contributed by atoms with Gasteiger partial charge in [0.15, 0.2) is 0 Å². The van der Waals surface area contributed by atoms with Crippen LogP contribution in [0.15, 0.2) is 24.3 Å². The minimum atomic E-state index is -3.04. The summed E-state index contributed by atoms with van der Waals surface area (Å²) in [7, 11) is 0. The van der Waals surface area contributed by atoms with Gasteiger partial charge in [0.05, 0.1) is 111 Å². The molecule has 0 spiro atoms. The molecule has 0 fully saturated rings. The molecule has 0 unspecified atom stereocenters. The van der Waals surface area contributed by atoms with E-state index in [1.807, 2.05) is 0 Å². The molecule has 0 amide bonds. The minimum Gasteiger partial charge on any atom is -0.478 e. The Hall–Kier alpha value is -13.1. The second kappa shape index (κ2) is 22.4. The first-order chi connectivity index (χ1) is 37.4. The van der Waals surface area contributed by atoms with Gasteiger partial charge in [0.2, 0.25) is 0 Å². The van der Waals surface area contributed by atoms with Crippen LogP contribution in [0.5, 0.6) is 0 Å². The molecular formula is C44H18O37. The summed E-state index contributed by atoms with van der Waals surface area (Å²) in [6.45, 7) is 0. The van der Waals surface area contributed by atoms with E-state index in [0.29, 0.717) is 24.3 Å². The number of aromatic carboxylic acids is 14. The molecule has 37 nitrogen and oxygen atoms in total. The molecule has 0 aliphatic carbocycles. The number of hydrogen-bond acceptors (Lipinski definition) is 23. The highest BCUT2D eigenvalue weighted by atomic mass is 16.6. The maximum atomic E-state index is 14.0. The van der Waals surface area contributed by atoms with Gasteiger partial charge in [-0.15, -0.1) is 0 Å². The molecule has 0 aromatic heterocycles. The van der Waals surface area contributed by atoms with Crippen LogP contribution in [0.4, 0.5) is 0 Å². The van der Waals surface area contributed by atoms with Crippen molar-refractivity contribution < 1.29 is 182 Å². The molecule has 0 saturated heterocycles. The normalized spacial score (nSPS) is 10.4. The van der Waals surface area contributed by atoms with Gasteiger partial charge in [0, 0.05) is 0 Å². The summed E-state index contributed by atoms with van der Waals surface area (Å²) in [5.74, 6) is -53.9. The molecule has 0 bridgehead atoms. The van der Waals surface area contributed by atoms with Gasteiger partial charge >= 0.3 is 119 Å². The average molecular weight is 1140 g/mol. The molecule has 4 aromatic carbocycles. The Labute approximate surface area is 436 Å². The van der Waals surface area contributed by atoms with Crippen LogP contribution in [-0.4, -0.2) is 191 Å². The second-order valence-corrected chi connectivity index (χ2v) is 14.6. The van der Waals surface area contributed by atoms with Crippen molar-refractivity contribution in [3.63, 3.8) is 0 Å². The summed E-state index contributed by atoms with van der Waals surface area (Å²) in [4.78, 5) is 253. The zero-order chi connectivity index (χ0) is 62.0. The summed E-state index contributed by atoms with van der Waals surface area (Å²) < 4.78 is 13.1. The predicted molar refractivity (Wildman–Crippen MR) is 232 cm³/mol. The highest BCUT2D eigenvalue weighted by Gasteiger charge is 2.46. The number of esters is 6. The van der Waals surface area contributed by atoms with E-state index in [4.69, 9.17) is 0 Å². The fraction of sp³-hybridized carbons (Fsp3) is 0. The summed E-state index contributed by atoms with van der Waals surface area (Å²) in [5, 5.41) is 137. The maximum absolute atomic E-state index is 14.0. The second-order valence-electron chi connectivity index (χ2n) is 14.6. The lowest BCUT2D eigenvalue weighted by molar-refractivity contribution is 0.0348. The zero-order valence-electron chi connectivity index (χ0n) is 38.0. The van der Waals surface area contributed by atoms with E-state index in [0.717, 1.165) is 0 Å². The molecule has 4 aromatic rings. The number of carboxylic acids is 14. The first-order valence-corrected chi connectivity index (χ1v) is 19.8. The number of hydrogen-bond donors (Lipinski definition) is 14. The van der Waals surface area contributed by atoms with Crippen LogP contribution in [0.3, 0.4) is 0 Å². The molecule has 37 heteroatoms. The Morgan fingerprint density at radius 3 is 0.395 bits per heavy atom. The molecule has 416 valence electrons. The quantitative estimate of drug-likeness (QED) is 0.0324. The van der Waals surface area contributed by atoms with Crippen LogP contribution in [0.2, 0.25) is 0 Å². The molecule has 0 saturated carbocycles. The summed E-state index contributed by atoms with van der Waals surface area (Å²) in [6, 6.07) is 1.40. The maximum Gasteiger partial charge on any atom is 0.347 e. The van der Waals surface area contributed by atoms with Gasteiger partial charge in [-0.1, -0.05) is 0 Å². The standard InChI is InChI=1S/C44H18O37/c45-25(46)7-9(27(49)50)15(33(61)62)21(16(34(63)64)10(7)28(51)52)41(75)79-39(73)5-1-3-6(4-2-5)40(74)80-43(77)23-19(37(69)70)13(31(57)58)14(32(59)60)20(38(71)72)24(23)44(78)81-42(76)22-17(35(65)66)11(29(53)54)8(26(47)48)12(30(55)56)18(22)36(67)68/h1-4H,(H,45,46)(H,47,48)(H,49,50)(H,51,52)(H,53,54)(H,55,56)(H,57,58)(H,59,60)(H,61,62)(H,63,64)(H,65,66)(H,67,68)(H,69,70)(H,71,72). The van der Waals surface area contributed by atoms with Crippen molar-refractivity contribution in [2.24, 2.45) is 0 Å². The van der Waals surface area contributed by atoms with Crippen molar-refractivity contribution in [2.45, 2.75) is 0 Å². The minimum absolute atomic E-state index is 0.339. The van der Waals surface area contributed by atoms with Crippen molar-refractivity contribution in [3.05, 3.63) is 136 Å². The summed E-state index contributed by atoms with van der Waals surface area (Å²) in [6.07, 6.45) is 0. The monoisotopic (exact) mass is 1140 g/mol. The highest BCUT2D eigenvalue weighted by molar-refractivity contribution is 6.28. The molecule has 0 aliphatic rings. The number of benzene rings is 4. The van der Waals surface area contributed by atoms with E-state index in [1.54, 1.807) is 0 Å². The lowest BCUT2D eigenvalue weighted by atomic mass is 9.85. The van der Waals surface area contributed by atoms with Crippen LogP contribution in [0, 0.1) is 0 Å². The average Bonchev–Trinajstić information content (AvgIpc) is 3.56. The number of ether oxygens (including phenoxy) is 3. The van der Waals surface area contributed by atoms with E-state index in [1.165, 1.54) is 0 Å². The molecule has 0 heterocycles. The SMILES string of the molecule is O=C(OC(=O)c1c(C(=O)O)c(C(=O)O)c(C(=O)O)c(C(=O)O)c1C(=O)O)c1ccc(C(=O)OC(=O)c2c(C(=O)O)c(C(=O)O)c(C(=O)O)c(C(=O)O)c2C(=O)OC(=O)c2c(C(=O)O)c(C(=O)O)c(C(=O)O)c(C(=O)O)c2C(=O)O)cc1. The lowest BCUT2D eigenvalue weighted by Gasteiger charge is -2.19. The third kappa shape index (κ3) is 10.9. The fourth-order valence-electron chi connectivity index (χ4n) is 7.38. The van der Waals surface area contributed by atoms with Gasteiger partial charge in [0.1, 0.15) is 0 Å². The van der Waals surface area contributed by atoms with E-state index < -0.39 is 231 Å². The van der Waals surface area contributed by atoms with Crippen molar-refractivity contribution in [2.75, 3.05) is 0 Å². The van der Waals surface area contributed by atoms with Gasteiger partial charge < -0.3 is 85.7 Å². The zero-order valence-corrected chi connectivity index (χ0v) is 38.0. The Morgan fingerprint density at radius 1 is 0.173 bits per heavy atom. The Kier molecular flexibility index (Phi) is 16.7. The van der Waals surface area contributed by atoms with Crippen molar-refractivity contribution >= 4 is 119 Å². The molecule has 0 atom stereocenters. The van der Waals surface area contributed by atoms with E-state index >= 15 is 0 Å². The third-order valence-corrected chi connectivity index (χ3v) is 10.2. The molecule has 4 rings (SSSR count). The molecule has 0 radical (unpaired) electrons. The van der Waals surface area contributed by atoms with E-state index in [-0.39, 0.29) is 0 Å². The van der Waals surface area contributed by atoms with Crippen LogP contribution in [0.1, 0.15) is 207 Å². The van der Waals surface area contributed by atoms with Gasteiger partial charge in [-0.25, -0.2) is 95.9 Å². The Balaban J connectivity index is 1.96. The Bertz CT molecular complexity index is 3700. The van der Waals surface area contributed by atoms with Gasteiger partial charge in [-0.2, -0.15) is 0 Å². The Morgan fingerprint density at radius 2 is 0.272 bits per heavy atom.